The van der Waals surface area contributed by atoms with Crippen LogP contribution in [0.1, 0.15) is 32.3 Å². The van der Waals surface area contributed by atoms with Crippen molar-refractivity contribution in [2.45, 2.75) is 26.7 Å². The fraction of sp³-hybridized carbons (Fsp3) is 0.385. The predicted octanol–water partition coefficient (Wildman–Crippen LogP) is 2.52. The third kappa shape index (κ3) is 3.19. The molecule has 3 nitrogen and oxygen atoms in total. The number of carbonyl (C=O) groups excluding carboxylic acids is 2. The van der Waals surface area contributed by atoms with Gasteiger partial charge in [-0.05, 0) is 11.5 Å². The fourth-order valence-corrected chi connectivity index (χ4v) is 1.48. The monoisotopic (exact) mass is 220 g/mol. The molecule has 0 aliphatic carbocycles. The van der Waals surface area contributed by atoms with Crippen LogP contribution in [0, 0.1) is 5.92 Å². The molecule has 0 spiro atoms. The summed E-state index contributed by atoms with van der Waals surface area (Å²) in [4.78, 5) is 22.2. The minimum atomic E-state index is -0.558. The predicted molar refractivity (Wildman–Crippen MR) is 60.8 cm³/mol. The molecule has 1 aromatic carbocycles. The number of hydrogen-bond donors (Lipinski definition) is 0. The van der Waals surface area contributed by atoms with Crippen LogP contribution in [0.25, 0.3) is 0 Å². The lowest BCUT2D eigenvalue weighted by Gasteiger charge is -2.17. The summed E-state index contributed by atoms with van der Waals surface area (Å²) >= 11 is 0. The first kappa shape index (κ1) is 12.4. The summed E-state index contributed by atoms with van der Waals surface area (Å²) in [6.07, 6.45) is 0. The summed E-state index contributed by atoms with van der Waals surface area (Å²) in [6, 6.07) is 9.70. The summed E-state index contributed by atoms with van der Waals surface area (Å²) in [6.45, 7) is 4.95. The number of ether oxygens (including phenoxy) is 1. The Morgan fingerprint density at radius 2 is 1.69 bits per heavy atom. The Morgan fingerprint density at radius 3 is 2.19 bits per heavy atom. The molecule has 0 heterocycles. The molecule has 16 heavy (non-hydrogen) atoms. The molecule has 1 aromatic rings. The van der Waals surface area contributed by atoms with Crippen molar-refractivity contribution >= 4 is 11.9 Å². The Balaban J connectivity index is 2.71. The van der Waals surface area contributed by atoms with E-state index < -0.39 is 11.9 Å². The van der Waals surface area contributed by atoms with E-state index >= 15 is 0 Å². The summed E-state index contributed by atoms with van der Waals surface area (Å²) < 4.78 is 4.58. The smallest absolute Gasteiger partial charge is 0.316 e. The van der Waals surface area contributed by atoms with E-state index in [-0.39, 0.29) is 11.8 Å². The Morgan fingerprint density at radius 1 is 1.12 bits per heavy atom. The minimum absolute atomic E-state index is 0.0352. The van der Waals surface area contributed by atoms with Crippen molar-refractivity contribution in [1.29, 1.82) is 0 Å². The van der Waals surface area contributed by atoms with Gasteiger partial charge in [0.25, 0.3) is 0 Å². The average molecular weight is 220 g/mol. The van der Waals surface area contributed by atoms with Crippen molar-refractivity contribution in [1.82, 2.24) is 0 Å². The van der Waals surface area contributed by atoms with Crippen LogP contribution in [0.3, 0.4) is 0 Å². The molecule has 0 bridgehead atoms. The van der Waals surface area contributed by atoms with E-state index in [1.807, 2.05) is 37.3 Å². The van der Waals surface area contributed by atoms with E-state index in [0.29, 0.717) is 0 Å². The molecule has 0 aromatic heterocycles. The Bertz CT molecular complexity index is 370. The Hall–Kier alpha value is -1.64. The lowest BCUT2D eigenvalue weighted by atomic mass is 9.89. The number of rotatable bonds is 3. The van der Waals surface area contributed by atoms with Gasteiger partial charge in [0.15, 0.2) is 0 Å². The second-order valence-electron chi connectivity index (χ2n) is 3.90. The van der Waals surface area contributed by atoms with E-state index in [0.717, 1.165) is 5.56 Å². The average Bonchev–Trinajstić information content (AvgIpc) is 2.27. The first-order valence-electron chi connectivity index (χ1n) is 5.29. The highest BCUT2D eigenvalue weighted by molar-refractivity contribution is 5.85. The van der Waals surface area contributed by atoms with Crippen LogP contribution in [0.2, 0.25) is 0 Å². The zero-order valence-corrected chi connectivity index (χ0v) is 9.77. The number of hydrogen-bond acceptors (Lipinski definition) is 3. The maximum atomic E-state index is 11.5. The van der Waals surface area contributed by atoms with E-state index in [1.54, 1.807) is 6.92 Å². The fourth-order valence-electron chi connectivity index (χ4n) is 1.48. The molecule has 2 atom stereocenters. The van der Waals surface area contributed by atoms with E-state index in [2.05, 4.69) is 4.74 Å². The van der Waals surface area contributed by atoms with Crippen LogP contribution >= 0.6 is 0 Å². The van der Waals surface area contributed by atoms with Crippen molar-refractivity contribution in [3.05, 3.63) is 35.9 Å². The molecule has 0 saturated carbocycles. The van der Waals surface area contributed by atoms with Gasteiger partial charge < -0.3 is 4.74 Å². The molecule has 0 unspecified atom stereocenters. The first-order valence-corrected chi connectivity index (χ1v) is 5.29. The quantitative estimate of drug-likeness (QED) is 0.580. The standard InChI is InChI=1S/C13H16O3/c1-9(12-7-5-4-6-8-12)10(2)13(15)16-11(3)14/h4-10H,1-3H3/t9-,10+/m1/s1. The molecular weight excluding hydrogens is 204 g/mol. The van der Waals surface area contributed by atoms with Gasteiger partial charge in [0, 0.05) is 6.92 Å². The third-order valence-electron chi connectivity index (χ3n) is 2.69. The number of carbonyl (C=O) groups is 2. The SMILES string of the molecule is CC(=O)OC(=O)[C@@H](C)[C@@H](C)c1ccccc1. The van der Waals surface area contributed by atoms with E-state index in [4.69, 9.17) is 0 Å². The molecule has 0 aliphatic rings. The lowest BCUT2D eigenvalue weighted by Crippen LogP contribution is -2.22. The van der Waals surface area contributed by atoms with Gasteiger partial charge in [-0.3, -0.25) is 9.59 Å². The maximum absolute atomic E-state index is 11.5. The third-order valence-corrected chi connectivity index (χ3v) is 2.69. The second-order valence-corrected chi connectivity index (χ2v) is 3.90. The maximum Gasteiger partial charge on any atom is 0.316 e. The summed E-state index contributed by atoms with van der Waals surface area (Å²) in [5.74, 6) is -1.32. The molecule has 0 N–H and O–H groups in total. The van der Waals surface area contributed by atoms with Crippen LogP contribution in [-0.2, 0) is 14.3 Å². The Kier molecular flexibility index (Phi) is 4.23. The van der Waals surface area contributed by atoms with Gasteiger partial charge in [-0.15, -0.1) is 0 Å². The van der Waals surface area contributed by atoms with Gasteiger partial charge in [-0.2, -0.15) is 0 Å². The first-order chi connectivity index (χ1) is 7.52. The topological polar surface area (TPSA) is 43.4 Å². The van der Waals surface area contributed by atoms with E-state index in [1.165, 1.54) is 6.92 Å². The normalized spacial score (nSPS) is 13.9. The highest BCUT2D eigenvalue weighted by Crippen LogP contribution is 2.24. The number of esters is 2. The van der Waals surface area contributed by atoms with E-state index in [9.17, 15) is 9.59 Å². The minimum Gasteiger partial charge on any atom is -0.393 e. The molecule has 0 fully saturated rings. The molecule has 0 saturated heterocycles. The van der Waals surface area contributed by atoms with Crippen LogP contribution in [0.5, 0.6) is 0 Å². The molecule has 0 radical (unpaired) electrons. The van der Waals surface area contributed by atoms with Crippen molar-refractivity contribution in [2.75, 3.05) is 0 Å². The molecular formula is C13H16O3. The molecule has 86 valence electrons. The van der Waals surface area contributed by atoms with Crippen LogP contribution in [0.15, 0.2) is 30.3 Å². The number of benzene rings is 1. The largest absolute Gasteiger partial charge is 0.393 e. The van der Waals surface area contributed by atoms with Crippen LogP contribution < -0.4 is 0 Å². The second kappa shape index (κ2) is 5.45. The van der Waals surface area contributed by atoms with Gasteiger partial charge in [0.05, 0.1) is 5.92 Å². The Labute approximate surface area is 95.4 Å². The summed E-state index contributed by atoms with van der Waals surface area (Å²) in [7, 11) is 0. The summed E-state index contributed by atoms with van der Waals surface area (Å²) in [5.41, 5.74) is 1.07. The van der Waals surface area contributed by atoms with Gasteiger partial charge in [0.2, 0.25) is 0 Å². The van der Waals surface area contributed by atoms with Crippen molar-refractivity contribution in [2.24, 2.45) is 5.92 Å². The zero-order valence-electron chi connectivity index (χ0n) is 9.77. The summed E-state index contributed by atoms with van der Waals surface area (Å²) in [5, 5.41) is 0. The molecule has 1 rings (SSSR count). The lowest BCUT2D eigenvalue weighted by molar-refractivity contribution is -0.161. The van der Waals surface area contributed by atoms with Gasteiger partial charge in [0.1, 0.15) is 0 Å². The molecule has 0 aliphatic heterocycles. The van der Waals surface area contributed by atoms with Gasteiger partial charge >= 0.3 is 11.9 Å². The van der Waals surface area contributed by atoms with Crippen molar-refractivity contribution < 1.29 is 14.3 Å². The van der Waals surface area contributed by atoms with Crippen LogP contribution in [-0.4, -0.2) is 11.9 Å². The van der Waals surface area contributed by atoms with Gasteiger partial charge in [-0.25, -0.2) is 0 Å². The molecule has 3 heteroatoms. The van der Waals surface area contributed by atoms with Crippen molar-refractivity contribution in [3.8, 4) is 0 Å². The highest BCUT2D eigenvalue weighted by atomic mass is 16.6. The molecule has 0 amide bonds. The zero-order chi connectivity index (χ0) is 12.1. The van der Waals surface area contributed by atoms with Crippen LogP contribution in [0.4, 0.5) is 0 Å². The highest BCUT2D eigenvalue weighted by Gasteiger charge is 2.23. The van der Waals surface area contributed by atoms with Gasteiger partial charge in [-0.1, -0.05) is 44.2 Å². The van der Waals surface area contributed by atoms with Crippen molar-refractivity contribution in [3.63, 3.8) is 0 Å².